The number of aromatic hydroxyl groups is 1. The number of hydrogen-bond donors (Lipinski definition) is 1. The van der Waals surface area contributed by atoms with Crippen molar-refractivity contribution in [3.8, 4) is 11.6 Å². The minimum Gasteiger partial charge on any atom is -0.493 e. The number of nitrogens with zero attached hydrogens (tertiary/aromatic N) is 4. The first-order chi connectivity index (χ1) is 8.25. The number of aromatic nitrogens is 4. The van der Waals surface area contributed by atoms with E-state index in [2.05, 4.69) is 31.0 Å². The van der Waals surface area contributed by atoms with Crippen LogP contribution in [-0.2, 0) is 0 Å². The van der Waals surface area contributed by atoms with Crippen LogP contribution in [0.4, 0.5) is 0 Å². The molecule has 2 aromatic heterocycles. The highest BCUT2D eigenvalue weighted by molar-refractivity contribution is 9.10. The molecule has 1 N–H and O–H groups in total. The Morgan fingerprint density at radius 3 is 2.94 bits per heavy atom. The minimum atomic E-state index is -0.0590. The Bertz CT molecular complexity index is 695. The van der Waals surface area contributed by atoms with Gasteiger partial charge in [0, 0.05) is 4.47 Å². The predicted octanol–water partition coefficient (Wildman–Crippen LogP) is 2.28. The number of fused-ring (bicyclic) bond motifs is 1. The fraction of sp³-hybridized carbons (Fsp3) is 0. The summed E-state index contributed by atoms with van der Waals surface area (Å²) >= 11 is 3.40. The van der Waals surface area contributed by atoms with Crippen LogP contribution in [0.25, 0.3) is 16.7 Å². The predicted molar refractivity (Wildman–Crippen MR) is 66.0 cm³/mol. The molecule has 6 heteroatoms. The number of benzene rings is 1. The lowest BCUT2D eigenvalue weighted by molar-refractivity contribution is 0.459. The van der Waals surface area contributed by atoms with Crippen LogP contribution in [0.15, 0.2) is 41.3 Å². The van der Waals surface area contributed by atoms with Crippen molar-refractivity contribution < 1.29 is 5.11 Å². The van der Waals surface area contributed by atoms with Crippen LogP contribution in [0.2, 0.25) is 0 Å². The van der Waals surface area contributed by atoms with Gasteiger partial charge in [-0.2, -0.15) is 5.10 Å². The molecule has 0 bridgehead atoms. The summed E-state index contributed by atoms with van der Waals surface area (Å²) in [5.41, 5.74) is 1.45. The SMILES string of the molecule is Oc1ncnc2c1cnn2-c1cccc(Br)c1. The molecule has 0 fully saturated rings. The molecule has 3 aromatic rings. The molecule has 0 spiro atoms. The van der Waals surface area contributed by atoms with E-state index in [1.807, 2.05) is 24.3 Å². The summed E-state index contributed by atoms with van der Waals surface area (Å²) in [6.45, 7) is 0. The number of hydrogen-bond acceptors (Lipinski definition) is 4. The van der Waals surface area contributed by atoms with Gasteiger partial charge in [0.25, 0.3) is 0 Å². The van der Waals surface area contributed by atoms with Crippen molar-refractivity contribution in [2.75, 3.05) is 0 Å². The van der Waals surface area contributed by atoms with Crippen molar-refractivity contribution in [2.24, 2.45) is 0 Å². The first-order valence-corrected chi connectivity index (χ1v) is 5.68. The lowest BCUT2D eigenvalue weighted by Gasteiger charge is -2.02. The third-order valence-corrected chi connectivity index (χ3v) is 2.89. The summed E-state index contributed by atoms with van der Waals surface area (Å²) in [6.07, 6.45) is 2.86. The Morgan fingerprint density at radius 2 is 2.12 bits per heavy atom. The standard InChI is InChI=1S/C11H7BrN4O/c12-7-2-1-3-8(4-7)16-10-9(5-15-16)11(17)14-6-13-10/h1-6H,(H,13,14,17). The smallest absolute Gasteiger partial charge is 0.225 e. The summed E-state index contributed by atoms with van der Waals surface area (Å²) in [5, 5.41) is 14.3. The van der Waals surface area contributed by atoms with Crippen molar-refractivity contribution in [1.29, 1.82) is 0 Å². The fourth-order valence-electron chi connectivity index (χ4n) is 1.63. The van der Waals surface area contributed by atoms with Gasteiger partial charge in [0.05, 0.1) is 11.9 Å². The third kappa shape index (κ3) is 1.66. The average Bonchev–Trinajstić information content (AvgIpc) is 2.74. The van der Waals surface area contributed by atoms with Gasteiger partial charge in [-0.3, -0.25) is 0 Å². The molecule has 0 saturated carbocycles. The highest BCUT2D eigenvalue weighted by Crippen LogP contribution is 2.23. The molecule has 0 unspecified atom stereocenters. The van der Waals surface area contributed by atoms with Crippen LogP contribution in [-0.4, -0.2) is 24.9 Å². The van der Waals surface area contributed by atoms with Crippen LogP contribution in [0.5, 0.6) is 5.88 Å². The van der Waals surface area contributed by atoms with E-state index < -0.39 is 0 Å². The zero-order valence-electron chi connectivity index (χ0n) is 8.58. The van der Waals surface area contributed by atoms with Crippen molar-refractivity contribution >= 4 is 27.0 Å². The average molecular weight is 291 g/mol. The highest BCUT2D eigenvalue weighted by Gasteiger charge is 2.09. The van der Waals surface area contributed by atoms with Crippen molar-refractivity contribution in [3.63, 3.8) is 0 Å². The molecule has 0 aliphatic rings. The van der Waals surface area contributed by atoms with Gasteiger partial charge < -0.3 is 5.11 Å². The van der Waals surface area contributed by atoms with Crippen LogP contribution >= 0.6 is 15.9 Å². The van der Waals surface area contributed by atoms with E-state index in [1.54, 1.807) is 10.9 Å². The van der Waals surface area contributed by atoms with Crippen LogP contribution in [0.1, 0.15) is 0 Å². The first-order valence-electron chi connectivity index (χ1n) is 4.89. The summed E-state index contributed by atoms with van der Waals surface area (Å²) < 4.78 is 2.61. The molecule has 3 rings (SSSR count). The summed E-state index contributed by atoms with van der Waals surface area (Å²) in [5.74, 6) is -0.0590. The zero-order valence-corrected chi connectivity index (χ0v) is 10.2. The van der Waals surface area contributed by atoms with E-state index >= 15 is 0 Å². The largest absolute Gasteiger partial charge is 0.493 e. The lowest BCUT2D eigenvalue weighted by atomic mass is 10.3. The van der Waals surface area contributed by atoms with Gasteiger partial charge in [0.1, 0.15) is 11.7 Å². The second-order valence-electron chi connectivity index (χ2n) is 3.47. The van der Waals surface area contributed by atoms with E-state index in [0.29, 0.717) is 11.0 Å². The summed E-state index contributed by atoms with van der Waals surface area (Å²) in [7, 11) is 0. The molecule has 5 nitrogen and oxygen atoms in total. The van der Waals surface area contributed by atoms with Crippen molar-refractivity contribution in [1.82, 2.24) is 19.7 Å². The zero-order chi connectivity index (χ0) is 11.8. The minimum absolute atomic E-state index is 0.0590. The van der Waals surface area contributed by atoms with E-state index in [1.165, 1.54) is 6.33 Å². The van der Waals surface area contributed by atoms with Gasteiger partial charge in [-0.1, -0.05) is 22.0 Å². The molecule has 0 radical (unpaired) electrons. The van der Waals surface area contributed by atoms with Gasteiger partial charge >= 0.3 is 0 Å². The normalized spacial score (nSPS) is 10.9. The number of halogens is 1. The fourth-order valence-corrected chi connectivity index (χ4v) is 2.02. The summed E-state index contributed by atoms with van der Waals surface area (Å²) in [6, 6.07) is 7.68. The molecule has 0 saturated heterocycles. The second-order valence-corrected chi connectivity index (χ2v) is 4.39. The van der Waals surface area contributed by atoms with Gasteiger partial charge in [0.2, 0.25) is 5.88 Å². The van der Waals surface area contributed by atoms with E-state index in [-0.39, 0.29) is 5.88 Å². The van der Waals surface area contributed by atoms with E-state index in [9.17, 15) is 5.11 Å². The quantitative estimate of drug-likeness (QED) is 0.747. The maximum absolute atomic E-state index is 9.57. The van der Waals surface area contributed by atoms with Gasteiger partial charge in [-0.05, 0) is 18.2 Å². The molecule has 2 heterocycles. The highest BCUT2D eigenvalue weighted by atomic mass is 79.9. The van der Waals surface area contributed by atoms with E-state index in [0.717, 1.165) is 10.2 Å². The Hall–Kier alpha value is -1.95. The van der Waals surface area contributed by atoms with Crippen LogP contribution in [0, 0.1) is 0 Å². The van der Waals surface area contributed by atoms with Crippen LogP contribution in [0.3, 0.4) is 0 Å². The second kappa shape index (κ2) is 3.81. The Labute approximate surface area is 105 Å². The van der Waals surface area contributed by atoms with Gasteiger partial charge in [0.15, 0.2) is 5.65 Å². The maximum Gasteiger partial charge on any atom is 0.225 e. The van der Waals surface area contributed by atoms with Gasteiger partial charge in [-0.25, -0.2) is 14.6 Å². The first kappa shape index (κ1) is 10.2. The third-order valence-electron chi connectivity index (χ3n) is 2.40. The molecule has 0 atom stereocenters. The lowest BCUT2D eigenvalue weighted by Crippen LogP contribution is -1.97. The molecule has 17 heavy (non-hydrogen) atoms. The molecule has 1 aromatic carbocycles. The van der Waals surface area contributed by atoms with Crippen molar-refractivity contribution in [2.45, 2.75) is 0 Å². The maximum atomic E-state index is 9.57. The Balaban J connectivity index is 2.28. The molecule has 84 valence electrons. The Morgan fingerprint density at radius 1 is 1.24 bits per heavy atom. The Kier molecular flexibility index (Phi) is 2.29. The van der Waals surface area contributed by atoms with Crippen LogP contribution < -0.4 is 0 Å². The number of rotatable bonds is 1. The molecule has 0 aliphatic heterocycles. The topological polar surface area (TPSA) is 63.8 Å². The molecular weight excluding hydrogens is 284 g/mol. The molecule has 0 aliphatic carbocycles. The molecule has 0 amide bonds. The van der Waals surface area contributed by atoms with Gasteiger partial charge in [-0.15, -0.1) is 0 Å². The molecular formula is C11H7BrN4O. The van der Waals surface area contributed by atoms with Crippen molar-refractivity contribution in [3.05, 3.63) is 41.3 Å². The van der Waals surface area contributed by atoms with E-state index in [4.69, 9.17) is 0 Å². The monoisotopic (exact) mass is 290 g/mol. The summed E-state index contributed by atoms with van der Waals surface area (Å²) in [4.78, 5) is 7.84.